The molecule has 5 nitrogen and oxygen atoms in total. The molecule has 0 radical (unpaired) electrons. The Bertz CT molecular complexity index is 841. The number of furan rings is 1. The number of carbonyl (C=O) groups excluding carboxylic acids is 1. The van der Waals surface area contributed by atoms with Crippen molar-refractivity contribution in [3.8, 4) is 0 Å². The van der Waals surface area contributed by atoms with Gasteiger partial charge in [-0.05, 0) is 37.5 Å². The minimum atomic E-state index is -2.93. The lowest BCUT2D eigenvalue weighted by atomic mass is 10.1. The molecule has 1 aromatic heterocycles. The van der Waals surface area contributed by atoms with Gasteiger partial charge in [0.15, 0.2) is 15.6 Å². The first-order valence-corrected chi connectivity index (χ1v) is 9.23. The minimum Gasteiger partial charge on any atom is -0.451 e. The van der Waals surface area contributed by atoms with E-state index in [9.17, 15) is 13.2 Å². The molecule has 2 heterocycles. The first-order valence-electron chi connectivity index (χ1n) is 7.03. The first kappa shape index (κ1) is 15.4. The molecule has 1 N–H and O–H groups in total. The average Bonchev–Trinajstić information content (AvgIpc) is 2.97. The molecule has 0 aliphatic carbocycles. The molecule has 1 fully saturated rings. The lowest BCUT2D eigenvalue weighted by Crippen LogP contribution is -2.29. The van der Waals surface area contributed by atoms with Gasteiger partial charge in [0.05, 0.1) is 11.5 Å². The SMILES string of the molecule is Cc1c(C(=O)NC[C@@H]2CCS(=O)(=O)C2)oc2ccc(Cl)cc12. The van der Waals surface area contributed by atoms with E-state index < -0.39 is 9.84 Å². The quantitative estimate of drug-likeness (QED) is 0.930. The van der Waals surface area contributed by atoms with Gasteiger partial charge in [-0.1, -0.05) is 11.6 Å². The number of aryl methyl sites for hydroxylation is 1. The molecule has 2 aromatic rings. The number of amides is 1. The van der Waals surface area contributed by atoms with Crippen LogP contribution in [-0.4, -0.2) is 32.4 Å². The van der Waals surface area contributed by atoms with Gasteiger partial charge in [-0.25, -0.2) is 8.42 Å². The molecule has 1 aromatic carbocycles. The van der Waals surface area contributed by atoms with E-state index in [0.29, 0.717) is 23.6 Å². The van der Waals surface area contributed by atoms with Gasteiger partial charge < -0.3 is 9.73 Å². The Balaban J connectivity index is 1.74. The minimum absolute atomic E-state index is 0.0203. The van der Waals surface area contributed by atoms with Crippen LogP contribution in [0.2, 0.25) is 5.02 Å². The Hall–Kier alpha value is -1.53. The van der Waals surface area contributed by atoms with Crippen molar-refractivity contribution in [3.05, 3.63) is 34.5 Å². The van der Waals surface area contributed by atoms with Crippen LogP contribution >= 0.6 is 11.6 Å². The van der Waals surface area contributed by atoms with Crippen molar-refractivity contribution in [1.82, 2.24) is 5.32 Å². The zero-order valence-corrected chi connectivity index (χ0v) is 13.6. The van der Waals surface area contributed by atoms with E-state index in [4.69, 9.17) is 16.0 Å². The van der Waals surface area contributed by atoms with Crippen LogP contribution in [0.1, 0.15) is 22.5 Å². The smallest absolute Gasteiger partial charge is 0.287 e. The van der Waals surface area contributed by atoms with Crippen molar-refractivity contribution in [1.29, 1.82) is 0 Å². The Kier molecular flexibility index (Phi) is 3.91. The standard InChI is InChI=1S/C15H16ClNO4S/c1-9-12-6-11(16)2-3-13(12)21-14(9)15(18)17-7-10-4-5-22(19,20)8-10/h2-3,6,10H,4-5,7-8H2,1H3,(H,17,18)/t10-/m0/s1. The summed E-state index contributed by atoms with van der Waals surface area (Å²) in [5.74, 6) is 0.248. The second-order valence-corrected chi connectivity index (χ2v) is 8.34. The average molecular weight is 342 g/mol. The summed E-state index contributed by atoms with van der Waals surface area (Å²) >= 11 is 5.95. The van der Waals surface area contributed by atoms with E-state index in [1.807, 2.05) is 0 Å². The fraction of sp³-hybridized carbons (Fsp3) is 0.400. The van der Waals surface area contributed by atoms with Gasteiger partial charge in [0.1, 0.15) is 5.58 Å². The number of rotatable bonds is 3. The summed E-state index contributed by atoms with van der Waals surface area (Å²) in [6.45, 7) is 2.15. The summed E-state index contributed by atoms with van der Waals surface area (Å²) in [4.78, 5) is 12.3. The molecule has 1 aliphatic rings. The van der Waals surface area contributed by atoms with Crippen molar-refractivity contribution in [3.63, 3.8) is 0 Å². The normalized spacial score (nSPS) is 20.4. The fourth-order valence-electron chi connectivity index (χ4n) is 2.76. The van der Waals surface area contributed by atoms with Gasteiger partial charge in [-0.3, -0.25) is 4.79 Å². The molecule has 118 valence electrons. The van der Waals surface area contributed by atoms with Crippen LogP contribution in [0.15, 0.2) is 22.6 Å². The number of carbonyl (C=O) groups is 1. The molecule has 22 heavy (non-hydrogen) atoms. The number of nitrogens with one attached hydrogen (secondary N) is 1. The van der Waals surface area contributed by atoms with Gasteiger partial charge in [-0.2, -0.15) is 0 Å². The predicted molar refractivity (Wildman–Crippen MR) is 85.1 cm³/mol. The third kappa shape index (κ3) is 2.98. The number of halogens is 1. The highest BCUT2D eigenvalue weighted by Gasteiger charge is 2.28. The maximum atomic E-state index is 12.3. The summed E-state index contributed by atoms with van der Waals surface area (Å²) in [5.41, 5.74) is 1.34. The van der Waals surface area contributed by atoms with Crippen LogP contribution < -0.4 is 5.32 Å². The summed E-state index contributed by atoms with van der Waals surface area (Å²) in [6, 6.07) is 5.19. The van der Waals surface area contributed by atoms with Crippen LogP contribution in [0.5, 0.6) is 0 Å². The molecule has 1 saturated heterocycles. The molecule has 0 saturated carbocycles. The molecular weight excluding hydrogens is 326 g/mol. The lowest BCUT2D eigenvalue weighted by Gasteiger charge is -2.08. The molecule has 1 aliphatic heterocycles. The molecule has 1 amide bonds. The van der Waals surface area contributed by atoms with Crippen LogP contribution in [0.25, 0.3) is 11.0 Å². The van der Waals surface area contributed by atoms with E-state index in [1.165, 1.54) is 0 Å². The maximum Gasteiger partial charge on any atom is 0.287 e. The molecule has 3 rings (SSSR count). The highest BCUT2D eigenvalue weighted by molar-refractivity contribution is 7.91. The van der Waals surface area contributed by atoms with Crippen molar-refractivity contribution in [2.45, 2.75) is 13.3 Å². The highest BCUT2D eigenvalue weighted by atomic mass is 35.5. The molecule has 0 spiro atoms. The summed E-state index contributed by atoms with van der Waals surface area (Å²) in [6.07, 6.45) is 0.595. The number of hydrogen-bond acceptors (Lipinski definition) is 4. The number of fused-ring (bicyclic) bond motifs is 1. The van der Waals surface area contributed by atoms with Gasteiger partial charge in [0, 0.05) is 22.5 Å². The molecule has 1 atom stereocenters. The van der Waals surface area contributed by atoms with Gasteiger partial charge >= 0.3 is 0 Å². The Morgan fingerprint density at radius 2 is 2.23 bits per heavy atom. The largest absolute Gasteiger partial charge is 0.451 e. The molecule has 0 bridgehead atoms. The Morgan fingerprint density at radius 3 is 2.91 bits per heavy atom. The van der Waals surface area contributed by atoms with Crippen LogP contribution in [-0.2, 0) is 9.84 Å². The third-order valence-corrected chi connectivity index (χ3v) is 6.05. The zero-order chi connectivity index (χ0) is 15.9. The Morgan fingerprint density at radius 1 is 1.45 bits per heavy atom. The lowest BCUT2D eigenvalue weighted by molar-refractivity contribution is 0.0922. The van der Waals surface area contributed by atoms with Crippen molar-refractivity contribution >= 4 is 38.3 Å². The van der Waals surface area contributed by atoms with E-state index in [-0.39, 0.29) is 29.1 Å². The number of sulfone groups is 1. The highest BCUT2D eigenvalue weighted by Crippen LogP contribution is 2.28. The van der Waals surface area contributed by atoms with Gasteiger partial charge in [0.2, 0.25) is 0 Å². The summed E-state index contributed by atoms with van der Waals surface area (Å²) < 4.78 is 28.4. The summed E-state index contributed by atoms with van der Waals surface area (Å²) in [7, 11) is -2.93. The fourth-order valence-corrected chi connectivity index (χ4v) is 4.79. The van der Waals surface area contributed by atoms with E-state index in [2.05, 4.69) is 5.32 Å². The van der Waals surface area contributed by atoms with Gasteiger partial charge in [0.25, 0.3) is 5.91 Å². The monoisotopic (exact) mass is 341 g/mol. The maximum absolute atomic E-state index is 12.3. The second-order valence-electron chi connectivity index (χ2n) is 5.68. The van der Waals surface area contributed by atoms with Crippen molar-refractivity contribution < 1.29 is 17.6 Å². The van der Waals surface area contributed by atoms with Crippen molar-refractivity contribution in [2.24, 2.45) is 5.92 Å². The van der Waals surface area contributed by atoms with E-state index >= 15 is 0 Å². The second kappa shape index (κ2) is 5.59. The first-order chi connectivity index (χ1) is 10.4. The van der Waals surface area contributed by atoms with Gasteiger partial charge in [-0.15, -0.1) is 0 Å². The van der Waals surface area contributed by atoms with Crippen molar-refractivity contribution in [2.75, 3.05) is 18.1 Å². The number of hydrogen-bond donors (Lipinski definition) is 1. The zero-order valence-electron chi connectivity index (χ0n) is 12.1. The van der Waals surface area contributed by atoms with Crippen LogP contribution in [0.3, 0.4) is 0 Å². The van der Waals surface area contributed by atoms with Crippen LogP contribution in [0.4, 0.5) is 0 Å². The van der Waals surface area contributed by atoms with E-state index in [1.54, 1.807) is 25.1 Å². The molecular formula is C15H16ClNO4S. The van der Waals surface area contributed by atoms with E-state index in [0.717, 1.165) is 10.9 Å². The molecule has 0 unspecified atom stereocenters. The Labute approximate surface area is 133 Å². The number of benzene rings is 1. The van der Waals surface area contributed by atoms with Crippen LogP contribution in [0, 0.1) is 12.8 Å². The molecule has 7 heteroatoms. The topological polar surface area (TPSA) is 76.4 Å². The third-order valence-electron chi connectivity index (χ3n) is 3.98. The summed E-state index contributed by atoms with van der Waals surface area (Å²) in [5, 5.41) is 4.15. The predicted octanol–water partition coefficient (Wildman–Crippen LogP) is 2.56.